The van der Waals surface area contributed by atoms with Crippen molar-refractivity contribution in [1.29, 1.82) is 0 Å². The molecule has 2 aromatic rings. The second-order valence-corrected chi connectivity index (χ2v) is 6.87. The van der Waals surface area contributed by atoms with Gasteiger partial charge >= 0.3 is 0 Å². The Morgan fingerprint density at radius 2 is 1.48 bits per heavy atom. The van der Waals surface area contributed by atoms with E-state index in [-0.39, 0.29) is 19.0 Å². The summed E-state index contributed by atoms with van der Waals surface area (Å²) < 4.78 is 29.6. The quantitative estimate of drug-likeness (QED) is 0.808. The van der Waals surface area contributed by atoms with E-state index in [2.05, 4.69) is 0 Å². The molecule has 3 saturated heterocycles. The number of rotatable bonds is 2. The summed E-state index contributed by atoms with van der Waals surface area (Å²) in [6.45, 7) is 1.03. The van der Waals surface area contributed by atoms with Crippen LogP contribution in [0.4, 0.5) is 0 Å². The van der Waals surface area contributed by atoms with E-state index in [0.717, 1.165) is 11.1 Å². The van der Waals surface area contributed by atoms with Crippen LogP contribution in [-0.2, 0) is 34.3 Å². The topological polar surface area (TPSA) is 63.2 Å². The van der Waals surface area contributed by atoms with Crippen LogP contribution in [-0.4, -0.2) is 50.2 Å². The maximum atomic E-state index is 13.2. The number of hydrogen-bond acceptors (Lipinski definition) is 6. The summed E-state index contributed by atoms with van der Waals surface area (Å²) in [5.41, 5.74) is 1.65. The number of ketones is 1. The van der Waals surface area contributed by atoms with E-state index >= 15 is 0 Å². The minimum atomic E-state index is -1.40. The highest BCUT2D eigenvalue weighted by Gasteiger charge is 2.61. The largest absolute Gasteiger partial charge is 0.373 e. The molecular weight excluding hydrogens is 348 g/mol. The molecule has 0 amide bonds. The average molecular weight is 368 g/mol. The van der Waals surface area contributed by atoms with Gasteiger partial charge in [0.25, 0.3) is 5.79 Å². The van der Waals surface area contributed by atoms with E-state index in [0.29, 0.717) is 13.2 Å². The monoisotopic (exact) mass is 368 g/mol. The summed E-state index contributed by atoms with van der Waals surface area (Å²) >= 11 is 0. The Labute approximate surface area is 156 Å². The van der Waals surface area contributed by atoms with Crippen molar-refractivity contribution in [3.8, 4) is 0 Å². The number of Topliss-reactive ketones (excluding diaryl/α,β-unsaturated/α-hetero) is 1. The number of ether oxygens (including phenoxy) is 5. The van der Waals surface area contributed by atoms with Crippen LogP contribution < -0.4 is 0 Å². The molecule has 0 bridgehead atoms. The SMILES string of the molecule is O=C1C2OC(c3ccccc3)(c3ccccc3)OC2COC12COCCO2. The maximum absolute atomic E-state index is 13.2. The van der Waals surface area contributed by atoms with Crippen molar-refractivity contribution in [1.82, 2.24) is 0 Å². The summed E-state index contributed by atoms with van der Waals surface area (Å²) in [7, 11) is 0. The van der Waals surface area contributed by atoms with Crippen LogP contribution in [0.15, 0.2) is 60.7 Å². The molecule has 6 nitrogen and oxygen atoms in total. The molecule has 3 atom stereocenters. The van der Waals surface area contributed by atoms with E-state index in [1.807, 2.05) is 60.7 Å². The van der Waals surface area contributed by atoms with Crippen LogP contribution in [0.5, 0.6) is 0 Å². The van der Waals surface area contributed by atoms with Crippen molar-refractivity contribution < 1.29 is 28.5 Å². The first-order valence-corrected chi connectivity index (χ1v) is 9.10. The number of carbonyl (C=O) groups excluding carboxylic acids is 1. The lowest BCUT2D eigenvalue weighted by Crippen LogP contribution is -2.62. The smallest absolute Gasteiger partial charge is 0.256 e. The van der Waals surface area contributed by atoms with Crippen molar-refractivity contribution in [3.63, 3.8) is 0 Å². The molecular formula is C21H20O6. The molecule has 5 rings (SSSR count). The van der Waals surface area contributed by atoms with E-state index in [9.17, 15) is 4.79 Å². The molecule has 3 aliphatic heterocycles. The zero-order chi connectivity index (χ0) is 18.3. The molecule has 140 valence electrons. The fourth-order valence-electron chi connectivity index (χ4n) is 3.90. The molecule has 3 heterocycles. The van der Waals surface area contributed by atoms with Gasteiger partial charge in [0.05, 0.1) is 19.8 Å². The molecule has 6 heteroatoms. The van der Waals surface area contributed by atoms with Gasteiger partial charge in [-0.25, -0.2) is 0 Å². The van der Waals surface area contributed by atoms with Gasteiger partial charge in [-0.15, -0.1) is 0 Å². The predicted octanol–water partition coefficient (Wildman–Crippen LogP) is 2.01. The van der Waals surface area contributed by atoms with Gasteiger partial charge in [-0.1, -0.05) is 60.7 Å². The lowest BCUT2D eigenvalue weighted by molar-refractivity contribution is -0.294. The molecule has 0 radical (unpaired) electrons. The first kappa shape index (κ1) is 17.0. The van der Waals surface area contributed by atoms with Crippen LogP contribution in [0, 0.1) is 0 Å². The Hall–Kier alpha value is -2.09. The Balaban J connectivity index is 1.55. The third-order valence-corrected chi connectivity index (χ3v) is 5.23. The third-order valence-electron chi connectivity index (χ3n) is 5.23. The molecule has 3 unspecified atom stereocenters. The Bertz CT molecular complexity index is 776. The molecule has 2 aromatic carbocycles. The summed E-state index contributed by atoms with van der Waals surface area (Å²) in [4.78, 5) is 13.2. The van der Waals surface area contributed by atoms with Crippen LogP contribution in [0.25, 0.3) is 0 Å². The number of fused-ring (bicyclic) bond motifs is 1. The molecule has 3 aliphatic rings. The molecule has 0 N–H and O–H groups in total. The minimum Gasteiger partial charge on any atom is -0.373 e. The van der Waals surface area contributed by atoms with Gasteiger partial charge in [0, 0.05) is 11.1 Å². The zero-order valence-electron chi connectivity index (χ0n) is 14.7. The van der Waals surface area contributed by atoms with E-state index in [4.69, 9.17) is 23.7 Å². The first-order valence-electron chi connectivity index (χ1n) is 9.10. The Morgan fingerprint density at radius 3 is 2.07 bits per heavy atom. The van der Waals surface area contributed by atoms with Crippen LogP contribution in [0.3, 0.4) is 0 Å². The fourth-order valence-corrected chi connectivity index (χ4v) is 3.90. The lowest BCUT2D eigenvalue weighted by Gasteiger charge is -2.40. The van der Waals surface area contributed by atoms with Gasteiger partial charge < -0.3 is 23.7 Å². The van der Waals surface area contributed by atoms with Crippen molar-refractivity contribution in [2.24, 2.45) is 0 Å². The molecule has 0 aromatic heterocycles. The Kier molecular flexibility index (Phi) is 4.11. The van der Waals surface area contributed by atoms with Crippen molar-refractivity contribution in [3.05, 3.63) is 71.8 Å². The zero-order valence-corrected chi connectivity index (χ0v) is 14.7. The van der Waals surface area contributed by atoms with Gasteiger partial charge in [-0.05, 0) is 0 Å². The highest BCUT2D eigenvalue weighted by Crippen LogP contribution is 2.46. The second kappa shape index (κ2) is 6.51. The molecule has 27 heavy (non-hydrogen) atoms. The van der Waals surface area contributed by atoms with Gasteiger partial charge in [0.1, 0.15) is 12.7 Å². The standard InChI is InChI=1S/C21H20O6/c22-19-18-17(13-25-20(19)14-23-11-12-24-20)26-21(27-18,15-7-3-1-4-8-15)16-9-5-2-6-10-16/h1-10,17-18H,11-14H2. The summed E-state index contributed by atoms with van der Waals surface area (Å²) in [6.07, 6.45) is -1.31. The Morgan fingerprint density at radius 1 is 0.815 bits per heavy atom. The summed E-state index contributed by atoms with van der Waals surface area (Å²) in [5, 5.41) is 0. The number of hydrogen-bond donors (Lipinski definition) is 0. The predicted molar refractivity (Wildman–Crippen MR) is 93.9 cm³/mol. The summed E-state index contributed by atoms with van der Waals surface area (Å²) in [6, 6.07) is 19.3. The number of carbonyl (C=O) groups is 1. The molecule has 1 spiro atoms. The van der Waals surface area contributed by atoms with Crippen LogP contribution >= 0.6 is 0 Å². The molecule has 3 fully saturated rings. The van der Waals surface area contributed by atoms with E-state index in [1.54, 1.807) is 0 Å². The number of benzene rings is 2. The van der Waals surface area contributed by atoms with Crippen LogP contribution in [0.2, 0.25) is 0 Å². The van der Waals surface area contributed by atoms with Gasteiger partial charge in [0.2, 0.25) is 11.6 Å². The third kappa shape index (κ3) is 2.64. The fraction of sp³-hybridized carbons (Fsp3) is 0.381. The van der Waals surface area contributed by atoms with Gasteiger partial charge in [-0.3, -0.25) is 4.79 Å². The van der Waals surface area contributed by atoms with Gasteiger partial charge in [-0.2, -0.15) is 0 Å². The lowest BCUT2D eigenvalue weighted by atomic mass is 9.97. The maximum Gasteiger partial charge on any atom is 0.256 e. The van der Waals surface area contributed by atoms with E-state index in [1.165, 1.54) is 0 Å². The normalized spacial score (nSPS) is 32.4. The van der Waals surface area contributed by atoms with Gasteiger partial charge in [0.15, 0.2) is 6.10 Å². The van der Waals surface area contributed by atoms with Crippen molar-refractivity contribution in [2.45, 2.75) is 23.8 Å². The highest BCUT2D eigenvalue weighted by molar-refractivity contribution is 5.92. The van der Waals surface area contributed by atoms with E-state index < -0.39 is 23.8 Å². The molecule has 0 saturated carbocycles. The molecule has 0 aliphatic carbocycles. The van der Waals surface area contributed by atoms with Crippen molar-refractivity contribution >= 4 is 5.78 Å². The minimum absolute atomic E-state index is 0.0715. The van der Waals surface area contributed by atoms with Crippen LogP contribution in [0.1, 0.15) is 11.1 Å². The second-order valence-electron chi connectivity index (χ2n) is 6.87. The first-order chi connectivity index (χ1) is 13.2. The summed E-state index contributed by atoms with van der Waals surface area (Å²) in [5.74, 6) is -2.85. The average Bonchev–Trinajstić information content (AvgIpc) is 3.15. The van der Waals surface area contributed by atoms with Crippen molar-refractivity contribution in [2.75, 3.05) is 26.4 Å². The highest BCUT2D eigenvalue weighted by atomic mass is 16.8.